The average molecular weight is 267 g/mol. The van der Waals surface area contributed by atoms with Crippen molar-refractivity contribution in [1.82, 2.24) is 15.2 Å². The normalized spacial score (nSPS) is 24.2. The number of rotatable bonds is 4. The van der Waals surface area contributed by atoms with Crippen LogP contribution in [-0.4, -0.2) is 33.8 Å². The second kappa shape index (κ2) is 5.48. The van der Waals surface area contributed by atoms with Gasteiger partial charge < -0.3 is 10.2 Å². The molecule has 0 aliphatic carbocycles. The van der Waals surface area contributed by atoms with Crippen LogP contribution in [0.5, 0.6) is 0 Å². The maximum absolute atomic E-state index is 12.2. The van der Waals surface area contributed by atoms with Crippen molar-refractivity contribution in [3.8, 4) is 0 Å². The van der Waals surface area contributed by atoms with Gasteiger partial charge in [0, 0.05) is 11.6 Å². The molecule has 1 saturated heterocycles. The van der Waals surface area contributed by atoms with Crippen LogP contribution in [0.25, 0.3) is 0 Å². The molecule has 0 radical (unpaired) electrons. The topological polar surface area (TPSA) is 62.3 Å². The third-order valence-corrected chi connectivity index (χ3v) is 3.81. The van der Waals surface area contributed by atoms with Crippen molar-refractivity contribution in [1.29, 1.82) is 0 Å². The van der Waals surface area contributed by atoms with E-state index in [1.54, 1.807) is 18.0 Å². The minimum absolute atomic E-state index is 0.0248. The second-order valence-corrected chi connectivity index (χ2v) is 5.41. The first-order chi connectivity index (χ1) is 8.63. The smallest absolute Gasteiger partial charge is 0.245 e. The molecule has 1 fully saturated rings. The Morgan fingerprint density at radius 1 is 1.50 bits per heavy atom. The van der Waals surface area contributed by atoms with E-state index in [4.69, 9.17) is 0 Å². The molecule has 0 saturated carbocycles. The lowest BCUT2D eigenvalue weighted by molar-refractivity contribution is -0.149. The zero-order valence-electron chi connectivity index (χ0n) is 10.5. The van der Waals surface area contributed by atoms with Crippen LogP contribution >= 0.6 is 11.3 Å². The molecule has 5 nitrogen and oxygen atoms in total. The Balaban J connectivity index is 2.19. The summed E-state index contributed by atoms with van der Waals surface area (Å²) in [6, 6.07) is -0.798. The van der Waals surface area contributed by atoms with E-state index in [0.29, 0.717) is 13.0 Å². The van der Waals surface area contributed by atoms with Gasteiger partial charge in [0.15, 0.2) is 0 Å². The molecule has 1 aliphatic rings. The molecule has 2 heterocycles. The molecule has 98 valence electrons. The van der Waals surface area contributed by atoms with Crippen LogP contribution in [0.15, 0.2) is 11.6 Å². The molecule has 0 bridgehead atoms. The number of nitrogens with zero attached hydrogens (tertiary/aromatic N) is 2. The van der Waals surface area contributed by atoms with Crippen LogP contribution in [0.3, 0.4) is 0 Å². The molecule has 0 spiro atoms. The maximum atomic E-state index is 12.2. The highest BCUT2D eigenvalue weighted by Crippen LogP contribution is 2.19. The monoisotopic (exact) mass is 267 g/mol. The lowest BCUT2D eigenvalue weighted by Crippen LogP contribution is -2.61. The molecule has 6 heteroatoms. The van der Waals surface area contributed by atoms with E-state index < -0.39 is 6.04 Å². The molecular weight excluding hydrogens is 250 g/mol. The Hall–Kier alpha value is -1.43. The number of thiazole rings is 1. The highest BCUT2D eigenvalue weighted by atomic mass is 32.1. The first kappa shape index (κ1) is 13.0. The second-order valence-electron chi connectivity index (χ2n) is 4.43. The van der Waals surface area contributed by atoms with Gasteiger partial charge in [0.2, 0.25) is 11.8 Å². The average Bonchev–Trinajstić information content (AvgIpc) is 2.83. The van der Waals surface area contributed by atoms with Crippen molar-refractivity contribution < 1.29 is 9.59 Å². The fraction of sp³-hybridized carbons (Fsp3) is 0.583. The predicted octanol–water partition coefficient (Wildman–Crippen LogP) is 1.16. The minimum atomic E-state index is -0.439. The molecule has 0 aromatic carbocycles. The number of hydrogen-bond donors (Lipinski definition) is 1. The molecule has 1 aliphatic heterocycles. The third kappa shape index (κ3) is 2.53. The van der Waals surface area contributed by atoms with Gasteiger partial charge in [-0.1, -0.05) is 13.3 Å². The van der Waals surface area contributed by atoms with Gasteiger partial charge in [-0.25, -0.2) is 4.98 Å². The summed E-state index contributed by atoms with van der Waals surface area (Å²) in [5, 5.41) is 5.47. The molecule has 2 rings (SSSR count). The summed E-state index contributed by atoms with van der Waals surface area (Å²) in [6.07, 6.45) is 3.27. The van der Waals surface area contributed by atoms with E-state index in [-0.39, 0.29) is 17.9 Å². The lowest BCUT2D eigenvalue weighted by atomic mass is 10.0. The minimum Gasteiger partial charge on any atom is -0.343 e. The van der Waals surface area contributed by atoms with Gasteiger partial charge in [0.25, 0.3) is 0 Å². The Labute approximate surface area is 110 Å². The zero-order valence-corrected chi connectivity index (χ0v) is 11.4. The highest BCUT2D eigenvalue weighted by Gasteiger charge is 2.38. The summed E-state index contributed by atoms with van der Waals surface area (Å²) in [5.74, 6) is -0.0799. The fourth-order valence-corrected chi connectivity index (χ4v) is 2.75. The standard InChI is InChI=1S/C12H17N3O2S/c1-3-4-9-11(16)14-8(2)12(17)15(9)7-10-13-5-6-18-10/h5-6,8-9H,3-4,7H2,1-2H3,(H,14,16). The molecule has 1 aromatic rings. The van der Waals surface area contributed by atoms with Crippen molar-refractivity contribution >= 4 is 23.2 Å². The van der Waals surface area contributed by atoms with Gasteiger partial charge in [0.1, 0.15) is 17.1 Å². The zero-order chi connectivity index (χ0) is 13.1. The molecule has 2 amide bonds. The van der Waals surface area contributed by atoms with Gasteiger partial charge >= 0.3 is 0 Å². The largest absolute Gasteiger partial charge is 0.343 e. The van der Waals surface area contributed by atoms with Crippen LogP contribution in [0.2, 0.25) is 0 Å². The van der Waals surface area contributed by atoms with Crippen molar-refractivity contribution in [2.45, 2.75) is 45.3 Å². The van der Waals surface area contributed by atoms with Gasteiger partial charge in [0.05, 0.1) is 6.54 Å². The van der Waals surface area contributed by atoms with Gasteiger partial charge in [-0.2, -0.15) is 0 Å². The fourth-order valence-electron chi connectivity index (χ4n) is 2.14. The summed E-state index contributed by atoms with van der Waals surface area (Å²) in [6.45, 7) is 4.16. The van der Waals surface area contributed by atoms with Crippen molar-refractivity contribution in [2.75, 3.05) is 0 Å². The van der Waals surface area contributed by atoms with E-state index in [2.05, 4.69) is 10.3 Å². The number of piperazine rings is 1. The van der Waals surface area contributed by atoms with Gasteiger partial charge in [-0.05, 0) is 13.3 Å². The number of hydrogen-bond acceptors (Lipinski definition) is 4. The van der Waals surface area contributed by atoms with Crippen LogP contribution in [0.4, 0.5) is 0 Å². The number of amides is 2. The summed E-state index contributed by atoms with van der Waals surface area (Å²) < 4.78 is 0. The molecular formula is C12H17N3O2S. The molecule has 1 aromatic heterocycles. The van der Waals surface area contributed by atoms with Gasteiger partial charge in [-0.3, -0.25) is 9.59 Å². The predicted molar refractivity (Wildman–Crippen MR) is 69.0 cm³/mol. The first-order valence-electron chi connectivity index (χ1n) is 6.12. The summed E-state index contributed by atoms with van der Waals surface area (Å²) >= 11 is 1.50. The van der Waals surface area contributed by atoms with Crippen LogP contribution < -0.4 is 5.32 Å². The van der Waals surface area contributed by atoms with Gasteiger partial charge in [-0.15, -0.1) is 11.3 Å². The highest BCUT2D eigenvalue weighted by molar-refractivity contribution is 7.09. The van der Waals surface area contributed by atoms with Crippen molar-refractivity contribution in [3.05, 3.63) is 16.6 Å². The van der Waals surface area contributed by atoms with E-state index in [1.165, 1.54) is 11.3 Å². The van der Waals surface area contributed by atoms with Crippen LogP contribution in [0.1, 0.15) is 31.7 Å². The maximum Gasteiger partial charge on any atom is 0.245 e. The molecule has 18 heavy (non-hydrogen) atoms. The Kier molecular flexibility index (Phi) is 3.96. The number of carbonyl (C=O) groups is 2. The number of carbonyl (C=O) groups excluding carboxylic acids is 2. The van der Waals surface area contributed by atoms with E-state index in [9.17, 15) is 9.59 Å². The Bertz CT molecular complexity index is 433. The SMILES string of the molecule is CCCC1C(=O)NC(C)C(=O)N1Cc1nccs1. The first-order valence-corrected chi connectivity index (χ1v) is 7.00. The Morgan fingerprint density at radius 3 is 2.89 bits per heavy atom. The quantitative estimate of drug-likeness (QED) is 0.890. The summed E-state index contributed by atoms with van der Waals surface area (Å²) in [4.78, 5) is 30.0. The van der Waals surface area contributed by atoms with Crippen LogP contribution in [-0.2, 0) is 16.1 Å². The number of aromatic nitrogens is 1. The summed E-state index contributed by atoms with van der Waals surface area (Å²) in [7, 11) is 0. The van der Waals surface area contributed by atoms with Crippen molar-refractivity contribution in [3.63, 3.8) is 0 Å². The van der Waals surface area contributed by atoms with Crippen LogP contribution in [0, 0.1) is 0 Å². The molecule has 2 atom stereocenters. The Morgan fingerprint density at radius 2 is 2.28 bits per heavy atom. The molecule has 1 N–H and O–H groups in total. The molecule has 2 unspecified atom stereocenters. The third-order valence-electron chi connectivity index (χ3n) is 3.04. The lowest BCUT2D eigenvalue weighted by Gasteiger charge is -2.37. The number of nitrogens with one attached hydrogen (secondary N) is 1. The van der Waals surface area contributed by atoms with E-state index in [1.807, 2.05) is 12.3 Å². The van der Waals surface area contributed by atoms with E-state index in [0.717, 1.165) is 11.4 Å². The summed E-state index contributed by atoms with van der Waals surface area (Å²) in [5.41, 5.74) is 0. The van der Waals surface area contributed by atoms with E-state index >= 15 is 0 Å². The van der Waals surface area contributed by atoms with Crippen molar-refractivity contribution in [2.24, 2.45) is 0 Å².